The van der Waals surface area contributed by atoms with Gasteiger partial charge in [-0.3, -0.25) is 4.21 Å². The van der Waals surface area contributed by atoms with Crippen LogP contribution in [0.1, 0.15) is 28.0 Å². The molecule has 2 aromatic rings. The Kier molecular flexibility index (Phi) is 3.73. The van der Waals surface area contributed by atoms with Gasteiger partial charge in [-0.25, -0.2) is 9.97 Å². The van der Waals surface area contributed by atoms with Gasteiger partial charge in [-0.15, -0.1) is 11.3 Å². The summed E-state index contributed by atoms with van der Waals surface area (Å²) in [5, 5.41) is 2.87. The molecule has 2 rings (SSSR count). The van der Waals surface area contributed by atoms with Gasteiger partial charge in [0.15, 0.2) is 0 Å². The van der Waals surface area contributed by atoms with Crippen molar-refractivity contribution in [3.8, 4) is 0 Å². The first kappa shape index (κ1) is 12.4. The van der Waals surface area contributed by atoms with E-state index < -0.39 is 10.8 Å². The number of aryl methyl sites for hydroxylation is 3. The Morgan fingerprint density at radius 2 is 2.06 bits per heavy atom. The summed E-state index contributed by atoms with van der Waals surface area (Å²) in [6, 6.07) is 0. The molecular weight excluding hydrogens is 256 g/mol. The molecule has 4 nitrogen and oxygen atoms in total. The summed E-state index contributed by atoms with van der Waals surface area (Å²) in [7, 11) is -1.01. The average Bonchev–Trinajstić information content (AvgIpc) is 2.75. The van der Waals surface area contributed by atoms with Gasteiger partial charge in [0.2, 0.25) is 5.89 Å². The molecule has 0 aliphatic heterocycles. The minimum atomic E-state index is -1.01. The largest absolute Gasteiger partial charge is 0.445 e. The molecule has 0 bridgehead atoms. The Morgan fingerprint density at radius 1 is 1.29 bits per heavy atom. The molecule has 0 amide bonds. The highest BCUT2D eigenvalue weighted by Crippen LogP contribution is 2.14. The van der Waals surface area contributed by atoms with Crippen molar-refractivity contribution < 1.29 is 8.63 Å². The van der Waals surface area contributed by atoms with Gasteiger partial charge in [-0.1, -0.05) is 0 Å². The Hall–Kier alpha value is -1.01. The molecule has 0 aliphatic carbocycles. The Bertz CT molecular complexity index is 526. The summed E-state index contributed by atoms with van der Waals surface area (Å²) in [5.41, 5.74) is 1.84. The van der Waals surface area contributed by atoms with Gasteiger partial charge in [0.25, 0.3) is 0 Å². The van der Waals surface area contributed by atoms with Crippen LogP contribution in [0.5, 0.6) is 0 Å². The number of hydrogen-bond acceptors (Lipinski definition) is 5. The first-order chi connectivity index (χ1) is 8.04. The normalized spacial score (nSPS) is 12.9. The van der Waals surface area contributed by atoms with E-state index in [9.17, 15) is 4.21 Å². The number of oxazole rings is 1. The van der Waals surface area contributed by atoms with Crippen LogP contribution in [0.2, 0.25) is 0 Å². The predicted molar refractivity (Wildman–Crippen MR) is 68.4 cm³/mol. The third-order valence-electron chi connectivity index (χ3n) is 2.31. The van der Waals surface area contributed by atoms with Gasteiger partial charge in [0, 0.05) is 21.9 Å². The zero-order valence-corrected chi connectivity index (χ0v) is 11.7. The van der Waals surface area contributed by atoms with E-state index in [0.29, 0.717) is 17.4 Å². The number of nitrogens with zero attached hydrogens (tertiary/aromatic N) is 2. The highest BCUT2D eigenvalue weighted by atomic mass is 32.2. The van der Waals surface area contributed by atoms with E-state index in [-0.39, 0.29) is 0 Å². The van der Waals surface area contributed by atoms with Crippen molar-refractivity contribution in [3.63, 3.8) is 0 Å². The lowest BCUT2D eigenvalue weighted by molar-refractivity contribution is 0.487. The molecule has 0 spiro atoms. The molecule has 0 saturated carbocycles. The molecule has 0 aliphatic rings. The maximum Gasteiger partial charge on any atom is 0.207 e. The molecule has 2 heterocycles. The monoisotopic (exact) mass is 270 g/mol. The molecule has 1 unspecified atom stereocenters. The van der Waals surface area contributed by atoms with E-state index >= 15 is 0 Å². The molecule has 92 valence electrons. The number of aromatic nitrogens is 2. The lowest BCUT2D eigenvalue weighted by atomic mass is 10.4. The second-order valence-corrected chi connectivity index (χ2v) is 6.26. The number of hydrogen-bond donors (Lipinski definition) is 0. The smallest absolute Gasteiger partial charge is 0.207 e. The van der Waals surface area contributed by atoms with Gasteiger partial charge in [0.1, 0.15) is 16.5 Å². The molecule has 0 fully saturated rings. The van der Waals surface area contributed by atoms with Gasteiger partial charge < -0.3 is 4.42 Å². The van der Waals surface area contributed by atoms with Crippen molar-refractivity contribution in [1.29, 1.82) is 0 Å². The third-order valence-corrected chi connectivity index (χ3v) is 4.62. The highest BCUT2D eigenvalue weighted by Gasteiger charge is 2.11. The molecule has 0 aromatic carbocycles. The van der Waals surface area contributed by atoms with Gasteiger partial charge in [-0.2, -0.15) is 0 Å². The minimum absolute atomic E-state index is 0.354. The zero-order valence-electron chi connectivity index (χ0n) is 10.0. The van der Waals surface area contributed by atoms with Gasteiger partial charge in [0.05, 0.1) is 11.4 Å². The summed E-state index contributed by atoms with van der Waals surface area (Å²) < 4.78 is 17.3. The first-order valence-corrected chi connectivity index (χ1v) is 7.60. The van der Waals surface area contributed by atoms with Crippen LogP contribution in [-0.2, 0) is 22.3 Å². The molecular formula is C11H14N2O2S2. The van der Waals surface area contributed by atoms with Crippen LogP contribution in [0.3, 0.4) is 0 Å². The van der Waals surface area contributed by atoms with Crippen molar-refractivity contribution in [2.45, 2.75) is 32.3 Å². The second-order valence-electron chi connectivity index (χ2n) is 3.86. The molecule has 1 atom stereocenters. The van der Waals surface area contributed by atoms with Crippen LogP contribution >= 0.6 is 11.3 Å². The zero-order chi connectivity index (χ0) is 12.4. The SMILES string of the molecule is Cc1csc(CS(=O)Cc2nc(C)c(C)o2)n1. The van der Waals surface area contributed by atoms with E-state index in [2.05, 4.69) is 9.97 Å². The van der Waals surface area contributed by atoms with Crippen LogP contribution in [-0.4, -0.2) is 14.2 Å². The lowest BCUT2D eigenvalue weighted by Crippen LogP contribution is -1.99. The second kappa shape index (κ2) is 5.10. The molecule has 0 N–H and O–H groups in total. The van der Waals surface area contributed by atoms with E-state index in [1.807, 2.05) is 26.2 Å². The maximum absolute atomic E-state index is 11.9. The Balaban J connectivity index is 1.97. The van der Waals surface area contributed by atoms with Crippen molar-refractivity contribution in [1.82, 2.24) is 9.97 Å². The molecule has 2 aromatic heterocycles. The van der Waals surface area contributed by atoms with E-state index in [1.54, 1.807) is 11.3 Å². The molecule has 17 heavy (non-hydrogen) atoms. The van der Waals surface area contributed by atoms with Crippen molar-refractivity contribution >= 4 is 22.1 Å². The van der Waals surface area contributed by atoms with Crippen LogP contribution in [0.25, 0.3) is 0 Å². The van der Waals surface area contributed by atoms with Crippen LogP contribution < -0.4 is 0 Å². The third kappa shape index (κ3) is 3.23. The lowest BCUT2D eigenvalue weighted by Gasteiger charge is -1.95. The van der Waals surface area contributed by atoms with Gasteiger partial charge in [-0.05, 0) is 20.8 Å². The standard InChI is InChI=1S/C11H14N2O2S2/c1-7-4-16-11(12-7)6-17(14)5-10-13-8(2)9(3)15-10/h4H,5-6H2,1-3H3. The van der Waals surface area contributed by atoms with E-state index in [0.717, 1.165) is 22.2 Å². The highest BCUT2D eigenvalue weighted by molar-refractivity contribution is 7.83. The summed E-state index contributed by atoms with van der Waals surface area (Å²) in [6.45, 7) is 5.68. The summed E-state index contributed by atoms with van der Waals surface area (Å²) in [4.78, 5) is 8.51. The first-order valence-electron chi connectivity index (χ1n) is 5.23. The fraction of sp³-hybridized carbons (Fsp3) is 0.455. The average molecular weight is 270 g/mol. The molecule has 0 saturated heterocycles. The van der Waals surface area contributed by atoms with Crippen LogP contribution in [0.4, 0.5) is 0 Å². The van der Waals surface area contributed by atoms with E-state index in [1.165, 1.54) is 0 Å². The predicted octanol–water partition coefficient (Wildman–Crippen LogP) is 2.51. The topological polar surface area (TPSA) is 56.0 Å². The maximum atomic E-state index is 11.9. The fourth-order valence-electron chi connectivity index (χ4n) is 1.40. The Morgan fingerprint density at radius 3 is 2.59 bits per heavy atom. The summed E-state index contributed by atoms with van der Waals surface area (Å²) >= 11 is 1.54. The number of thiazole rings is 1. The van der Waals surface area contributed by atoms with Gasteiger partial charge >= 0.3 is 0 Å². The van der Waals surface area contributed by atoms with Crippen molar-refractivity contribution in [2.24, 2.45) is 0 Å². The quantitative estimate of drug-likeness (QED) is 0.856. The molecule has 0 radical (unpaired) electrons. The summed E-state index contributed by atoms with van der Waals surface area (Å²) in [5.74, 6) is 2.17. The minimum Gasteiger partial charge on any atom is -0.445 e. The van der Waals surface area contributed by atoms with Crippen molar-refractivity contribution in [3.05, 3.63) is 33.4 Å². The van der Waals surface area contributed by atoms with Crippen LogP contribution in [0, 0.1) is 20.8 Å². The number of rotatable bonds is 4. The van der Waals surface area contributed by atoms with Crippen LogP contribution in [0.15, 0.2) is 9.80 Å². The fourth-order valence-corrected chi connectivity index (χ4v) is 3.46. The summed E-state index contributed by atoms with van der Waals surface area (Å²) in [6.07, 6.45) is 0. The Labute approximate surface area is 107 Å². The van der Waals surface area contributed by atoms with E-state index in [4.69, 9.17) is 4.42 Å². The van der Waals surface area contributed by atoms with Crippen molar-refractivity contribution in [2.75, 3.05) is 0 Å². The molecule has 6 heteroatoms.